The monoisotopic (exact) mass is 266 g/mol. The highest BCUT2D eigenvalue weighted by atomic mass is 16.5. The number of aromatic nitrogens is 2. The molecule has 0 fully saturated rings. The average molecular weight is 266 g/mol. The zero-order chi connectivity index (χ0) is 13.7. The molecular formula is C16H14N2O2. The van der Waals surface area contributed by atoms with E-state index in [0.717, 1.165) is 40.4 Å². The lowest BCUT2D eigenvalue weighted by Gasteiger charge is -2.15. The molecule has 4 nitrogen and oxygen atoms in total. The predicted molar refractivity (Wildman–Crippen MR) is 76.6 cm³/mol. The Hall–Kier alpha value is -2.49. The van der Waals surface area contributed by atoms with Crippen LogP contribution in [0, 0.1) is 5.21 Å². The van der Waals surface area contributed by atoms with Crippen LogP contribution in [-0.2, 0) is 13.0 Å². The normalized spacial score (nSPS) is 13.1. The first-order chi connectivity index (χ1) is 9.79. The lowest BCUT2D eigenvalue weighted by atomic mass is 10.0. The number of fused-ring (bicyclic) bond motifs is 5. The Kier molecular flexibility index (Phi) is 2.27. The van der Waals surface area contributed by atoms with Gasteiger partial charge in [-0.05, 0) is 23.8 Å². The number of hydrogen-bond acceptors (Lipinski definition) is 2. The van der Waals surface area contributed by atoms with Crippen molar-refractivity contribution in [3.05, 3.63) is 53.2 Å². The molecule has 2 aromatic carbocycles. The summed E-state index contributed by atoms with van der Waals surface area (Å²) < 4.78 is 8.39. The molecule has 0 atom stereocenters. The first kappa shape index (κ1) is 11.3. The molecule has 0 spiro atoms. The molecule has 1 aromatic heterocycles. The summed E-state index contributed by atoms with van der Waals surface area (Å²) in [6, 6.07) is 13.7. The Morgan fingerprint density at radius 2 is 2.05 bits per heavy atom. The average Bonchev–Trinajstić information content (AvgIpc) is 2.80. The first-order valence-corrected chi connectivity index (χ1v) is 6.67. The second-order valence-electron chi connectivity index (χ2n) is 5.03. The molecule has 1 aliphatic heterocycles. The Morgan fingerprint density at radius 1 is 1.20 bits per heavy atom. The van der Waals surface area contributed by atoms with Gasteiger partial charge < -0.3 is 9.94 Å². The number of imidazole rings is 1. The zero-order valence-electron chi connectivity index (χ0n) is 11.2. The van der Waals surface area contributed by atoms with Gasteiger partial charge in [0.05, 0.1) is 19.2 Å². The van der Waals surface area contributed by atoms with E-state index in [1.54, 1.807) is 7.11 Å². The molecular weight excluding hydrogens is 252 g/mol. The number of methoxy groups -OCH3 is 1. The standard InChI is InChI=1S/C16H14N2O2/c1-20-12-6-7-14-15(10-12)17-9-8-11-4-2-3-5-13(11)16(17)18(14)19/h2-7,10H,8-9H2,1H3. The van der Waals surface area contributed by atoms with Gasteiger partial charge >= 0.3 is 0 Å². The fourth-order valence-electron chi connectivity index (χ4n) is 3.03. The Morgan fingerprint density at radius 3 is 2.90 bits per heavy atom. The van der Waals surface area contributed by atoms with Gasteiger partial charge in [0.25, 0.3) is 5.82 Å². The number of rotatable bonds is 1. The summed E-state index contributed by atoms with van der Waals surface area (Å²) >= 11 is 0. The number of nitrogens with zero attached hydrogens (tertiary/aromatic N) is 2. The van der Waals surface area contributed by atoms with E-state index < -0.39 is 0 Å². The quantitative estimate of drug-likeness (QED) is 0.501. The molecule has 0 bridgehead atoms. The highest BCUT2D eigenvalue weighted by molar-refractivity contribution is 5.79. The maximum absolute atomic E-state index is 12.6. The van der Waals surface area contributed by atoms with Crippen LogP contribution in [0.15, 0.2) is 42.5 Å². The lowest BCUT2D eigenvalue weighted by Crippen LogP contribution is -2.30. The van der Waals surface area contributed by atoms with Crippen molar-refractivity contribution >= 4 is 11.0 Å². The molecule has 20 heavy (non-hydrogen) atoms. The molecule has 0 unspecified atom stereocenters. The Balaban J connectivity index is 2.09. The van der Waals surface area contributed by atoms with E-state index in [4.69, 9.17) is 4.74 Å². The minimum atomic E-state index is 0.692. The van der Waals surface area contributed by atoms with E-state index in [-0.39, 0.29) is 0 Å². The van der Waals surface area contributed by atoms with E-state index in [0.29, 0.717) is 5.52 Å². The fourth-order valence-corrected chi connectivity index (χ4v) is 3.03. The third-order valence-electron chi connectivity index (χ3n) is 4.00. The molecule has 0 amide bonds. The third-order valence-corrected chi connectivity index (χ3v) is 4.00. The van der Waals surface area contributed by atoms with Gasteiger partial charge in [-0.3, -0.25) is 0 Å². The van der Waals surface area contributed by atoms with E-state index in [9.17, 15) is 5.21 Å². The van der Waals surface area contributed by atoms with E-state index in [2.05, 4.69) is 10.6 Å². The highest BCUT2D eigenvalue weighted by Gasteiger charge is 2.28. The number of aryl methyl sites for hydroxylation is 2. The van der Waals surface area contributed by atoms with E-state index in [1.807, 2.05) is 36.4 Å². The molecule has 1 aliphatic rings. The van der Waals surface area contributed by atoms with Gasteiger partial charge in [-0.1, -0.05) is 18.2 Å². The maximum atomic E-state index is 12.6. The SMILES string of the molecule is COc1ccc2c(c1)n1c([n+]2[O-])-c2ccccc2CC1. The van der Waals surface area contributed by atoms with Crippen LogP contribution in [0.1, 0.15) is 5.56 Å². The molecule has 0 aliphatic carbocycles. The third kappa shape index (κ3) is 1.39. The fraction of sp³-hybridized carbons (Fsp3) is 0.188. The molecule has 100 valence electrons. The summed E-state index contributed by atoms with van der Waals surface area (Å²) in [5.74, 6) is 1.51. The second kappa shape index (κ2) is 4.00. The van der Waals surface area contributed by atoms with Gasteiger partial charge in [-0.25, -0.2) is 9.30 Å². The van der Waals surface area contributed by atoms with Crippen molar-refractivity contribution in [3.8, 4) is 17.1 Å². The van der Waals surface area contributed by atoms with Crippen LogP contribution < -0.4 is 9.47 Å². The van der Waals surface area contributed by atoms with E-state index in [1.165, 1.54) is 5.56 Å². The van der Waals surface area contributed by atoms with Crippen molar-refractivity contribution < 1.29 is 9.47 Å². The van der Waals surface area contributed by atoms with Crippen LogP contribution in [0.2, 0.25) is 0 Å². The Bertz CT molecular complexity index is 821. The van der Waals surface area contributed by atoms with Gasteiger partial charge in [-0.2, -0.15) is 0 Å². The van der Waals surface area contributed by atoms with Crippen LogP contribution in [0.5, 0.6) is 5.75 Å². The van der Waals surface area contributed by atoms with Gasteiger partial charge in [0.15, 0.2) is 11.0 Å². The van der Waals surface area contributed by atoms with Crippen molar-refractivity contribution in [1.82, 2.24) is 4.57 Å². The summed E-state index contributed by atoms with van der Waals surface area (Å²) in [7, 11) is 1.64. The molecule has 0 saturated heterocycles. The minimum Gasteiger partial charge on any atom is -0.710 e. The summed E-state index contributed by atoms with van der Waals surface area (Å²) in [6.07, 6.45) is 0.949. The molecule has 4 rings (SSSR count). The maximum Gasteiger partial charge on any atom is 0.293 e. The van der Waals surface area contributed by atoms with Crippen molar-refractivity contribution in [3.63, 3.8) is 0 Å². The molecule has 2 heterocycles. The van der Waals surface area contributed by atoms with Crippen LogP contribution in [-0.4, -0.2) is 11.7 Å². The molecule has 0 saturated carbocycles. The minimum absolute atomic E-state index is 0.692. The van der Waals surface area contributed by atoms with Crippen LogP contribution in [0.3, 0.4) is 0 Å². The summed E-state index contributed by atoms with van der Waals surface area (Å²) in [6.45, 7) is 0.825. The molecule has 4 heteroatoms. The first-order valence-electron chi connectivity index (χ1n) is 6.67. The van der Waals surface area contributed by atoms with Gasteiger partial charge in [0.1, 0.15) is 5.75 Å². The second-order valence-corrected chi connectivity index (χ2v) is 5.03. The van der Waals surface area contributed by atoms with Crippen LogP contribution >= 0.6 is 0 Å². The highest BCUT2D eigenvalue weighted by Crippen LogP contribution is 2.31. The molecule has 3 aromatic rings. The smallest absolute Gasteiger partial charge is 0.293 e. The predicted octanol–water partition coefficient (Wildman–Crippen LogP) is 2.51. The lowest BCUT2D eigenvalue weighted by molar-refractivity contribution is -0.565. The van der Waals surface area contributed by atoms with Crippen LogP contribution in [0.25, 0.3) is 22.4 Å². The van der Waals surface area contributed by atoms with Gasteiger partial charge in [0, 0.05) is 12.5 Å². The molecule has 0 N–H and O–H groups in total. The van der Waals surface area contributed by atoms with Gasteiger partial charge in [-0.15, -0.1) is 0 Å². The summed E-state index contributed by atoms with van der Waals surface area (Å²) in [4.78, 5) is 0. The summed E-state index contributed by atoms with van der Waals surface area (Å²) in [5, 5.41) is 12.6. The van der Waals surface area contributed by atoms with Crippen molar-refractivity contribution in [2.24, 2.45) is 0 Å². The van der Waals surface area contributed by atoms with Crippen molar-refractivity contribution in [2.75, 3.05) is 7.11 Å². The number of hydrogen-bond donors (Lipinski definition) is 0. The number of ether oxygens (including phenoxy) is 1. The number of benzene rings is 2. The van der Waals surface area contributed by atoms with E-state index >= 15 is 0 Å². The van der Waals surface area contributed by atoms with Crippen molar-refractivity contribution in [2.45, 2.75) is 13.0 Å². The van der Waals surface area contributed by atoms with Crippen LogP contribution in [0.4, 0.5) is 0 Å². The topological polar surface area (TPSA) is 41.1 Å². The Labute approximate surface area is 116 Å². The van der Waals surface area contributed by atoms with Gasteiger partial charge in [0.2, 0.25) is 0 Å². The van der Waals surface area contributed by atoms with Crippen molar-refractivity contribution in [1.29, 1.82) is 0 Å². The molecule has 0 radical (unpaired) electrons. The largest absolute Gasteiger partial charge is 0.710 e. The zero-order valence-corrected chi connectivity index (χ0v) is 11.2. The summed E-state index contributed by atoms with van der Waals surface area (Å²) in [5.41, 5.74) is 3.89.